The first-order chi connectivity index (χ1) is 9.97. The van der Waals surface area contributed by atoms with Crippen molar-refractivity contribution in [1.29, 1.82) is 0 Å². The van der Waals surface area contributed by atoms with Gasteiger partial charge in [-0.25, -0.2) is 4.79 Å². The average Bonchev–Trinajstić information content (AvgIpc) is 2.42. The van der Waals surface area contributed by atoms with Gasteiger partial charge in [0, 0.05) is 12.6 Å². The Labute approximate surface area is 122 Å². The van der Waals surface area contributed by atoms with Gasteiger partial charge in [0.2, 0.25) is 0 Å². The second-order valence-corrected chi connectivity index (χ2v) is 4.58. The average molecular weight is 302 g/mol. The number of primary amides is 1. The molecule has 1 atom stereocenters. The van der Waals surface area contributed by atoms with Crippen LogP contribution in [0.25, 0.3) is 0 Å². The maximum Gasteiger partial charge on any atom is 0.404 e. The highest BCUT2D eigenvalue weighted by molar-refractivity contribution is 5.64. The van der Waals surface area contributed by atoms with Crippen molar-refractivity contribution >= 4 is 6.09 Å². The molecule has 0 saturated heterocycles. The van der Waals surface area contributed by atoms with E-state index >= 15 is 0 Å². The minimum Gasteiger partial charge on any atom is -0.448 e. The largest absolute Gasteiger partial charge is 0.448 e. The Morgan fingerprint density at radius 2 is 2.00 bits per heavy atom. The molecule has 0 aliphatic carbocycles. The van der Waals surface area contributed by atoms with E-state index in [0.717, 1.165) is 18.4 Å². The third kappa shape index (κ3) is 8.09. The third-order valence-electron chi connectivity index (χ3n) is 2.85. The van der Waals surface area contributed by atoms with E-state index in [1.807, 2.05) is 6.92 Å². The summed E-state index contributed by atoms with van der Waals surface area (Å²) in [5, 5.41) is 3.19. The predicted molar refractivity (Wildman–Crippen MR) is 74.4 cm³/mol. The smallest absolute Gasteiger partial charge is 0.404 e. The number of hydrogen-bond donors (Lipinski definition) is 2. The molecule has 0 heterocycles. The third-order valence-corrected chi connectivity index (χ3v) is 2.85. The summed E-state index contributed by atoms with van der Waals surface area (Å²) in [5.74, 6) is 0.156. The summed E-state index contributed by atoms with van der Waals surface area (Å²) in [6, 6.07) is 6.82. The maximum absolute atomic E-state index is 12.0. The molecule has 0 aromatic heterocycles. The van der Waals surface area contributed by atoms with Crippen molar-refractivity contribution in [3.63, 3.8) is 0 Å². The summed E-state index contributed by atoms with van der Waals surface area (Å²) >= 11 is 0. The van der Waals surface area contributed by atoms with Gasteiger partial charge in [0.25, 0.3) is 0 Å². The molecule has 1 aromatic carbocycles. The molecule has 0 spiro atoms. The van der Waals surface area contributed by atoms with Crippen LogP contribution < -0.4 is 15.8 Å². The van der Waals surface area contributed by atoms with Gasteiger partial charge in [-0.15, -0.1) is 0 Å². The number of halogens is 2. The molecule has 1 unspecified atom stereocenters. The number of nitrogens with two attached hydrogens (primary N) is 1. The summed E-state index contributed by atoms with van der Waals surface area (Å²) in [5.41, 5.74) is 5.88. The fraction of sp³-hybridized carbons (Fsp3) is 0.500. The second-order valence-electron chi connectivity index (χ2n) is 4.58. The normalized spacial score (nSPS) is 12.2. The minimum absolute atomic E-state index is 0.156. The Balaban J connectivity index is 2.23. The van der Waals surface area contributed by atoms with Crippen molar-refractivity contribution in [2.75, 3.05) is 13.2 Å². The molecule has 0 bridgehead atoms. The van der Waals surface area contributed by atoms with E-state index in [1.54, 1.807) is 12.1 Å². The van der Waals surface area contributed by atoms with E-state index in [0.29, 0.717) is 6.54 Å². The Morgan fingerprint density at radius 1 is 1.33 bits per heavy atom. The zero-order valence-corrected chi connectivity index (χ0v) is 11.9. The lowest BCUT2D eigenvalue weighted by molar-refractivity contribution is -0.0498. The van der Waals surface area contributed by atoms with Gasteiger partial charge in [-0.3, -0.25) is 0 Å². The number of carbonyl (C=O) groups is 1. The molecule has 0 aliphatic rings. The first-order valence-electron chi connectivity index (χ1n) is 6.66. The fourth-order valence-corrected chi connectivity index (χ4v) is 1.78. The molecule has 0 radical (unpaired) electrons. The van der Waals surface area contributed by atoms with E-state index in [1.165, 1.54) is 12.1 Å². The highest BCUT2D eigenvalue weighted by Gasteiger charge is 2.05. The Bertz CT molecular complexity index is 427. The lowest BCUT2D eigenvalue weighted by Crippen LogP contribution is -2.31. The van der Waals surface area contributed by atoms with Crippen LogP contribution in [0.4, 0.5) is 13.6 Å². The minimum atomic E-state index is -2.80. The zero-order valence-electron chi connectivity index (χ0n) is 11.9. The summed E-state index contributed by atoms with van der Waals surface area (Å²) in [6.45, 7) is -0.0222. The van der Waals surface area contributed by atoms with E-state index in [9.17, 15) is 13.6 Å². The van der Waals surface area contributed by atoms with Gasteiger partial charge in [-0.2, -0.15) is 8.78 Å². The van der Waals surface area contributed by atoms with E-state index in [2.05, 4.69) is 14.8 Å². The molecule has 1 aromatic rings. The summed E-state index contributed by atoms with van der Waals surface area (Å²) < 4.78 is 32.9. The van der Waals surface area contributed by atoms with Gasteiger partial charge in [0.1, 0.15) is 12.4 Å². The number of amides is 1. The SMILES string of the molecule is CC(CCc1ccc(OC(F)F)cc1)NCCOC(N)=O. The molecule has 7 heteroatoms. The Kier molecular flexibility index (Phi) is 7.45. The first kappa shape index (κ1) is 17.2. The molecule has 118 valence electrons. The van der Waals surface area contributed by atoms with Crippen LogP contribution in [0.5, 0.6) is 5.75 Å². The number of carbonyl (C=O) groups excluding carboxylic acids is 1. The summed E-state index contributed by atoms with van der Waals surface area (Å²) in [7, 11) is 0. The van der Waals surface area contributed by atoms with Crippen LogP contribution in [0.2, 0.25) is 0 Å². The highest BCUT2D eigenvalue weighted by Crippen LogP contribution is 2.16. The van der Waals surface area contributed by atoms with Crippen LogP contribution in [-0.2, 0) is 11.2 Å². The van der Waals surface area contributed by atoms with Crippen LogP contribution in [-0.4, -0.2) is 31.9 Å². The number of hydrogen-bond acceptors (Lipinski definition) is 4. The van der Waals surface area contributed by atoms with Crippen LogP contribution in [0.15, 0.2) is 24.3 Å². The van der Waals surface area contributed by atoms with Gasteiger partial charge in [-0.05, 0) is 37.5 Å². The molecular weight excluding hydrogens is 282 g/mol. The van der Waals surface area contributed by atoms with Crippen molar-refractivity contribution in [2.24, 2.45) is 5.73 Å². The molecule has 0 saturated carbocycles. The molecule has 5 nitrogen and oxygen atoms in total. The van der Waals surface area contributed by atoms with Crippen molar-refractivity contribution in [3.05, 3.63) is 29.8 Å². The Morgan fingerprint density at radius 3 is 2.57 bits per heavy atom. The summed E-state index contributed by atoms with van der Waals surface area (Å²) in [4.78, 5) is 10.4. The van der Waals surface area contributed by atoms with Crippen LogP contribution in [0.1, 0.15) is 18.9 Å². The number of rotatable bonds is 9. The Hall–Kier alpha value is -1.89. The number of ether oxygens (including phenoxy) is 2. The molecule has 21 heavy (non-hydrogen) atoms. The van der Waals surface area contributed by atoms with E-state index in [4.69, 9.17) is 5.73 Å². The number of alkyl halides is 2. The lowest BCUT2D eigenvalue weighted by atomic mass is 10.1. The molecule has 1 amide bonds. The van der Waals surface area contributed by atoms with Crippen molar-refractivity contribution in [2.45, 2.75) is 32.4 Å². The van der Waals surface area contributed by atoms with E-state index < -0.39 is 12.7 Å². The van der Waals surface area contributed by atoms with Crippen LogP contribution in [0.3, 0.4) is 0 Å². The van der Waals surface area contributed by atoms with Gasteiger partial charge in [0.05, 0.1) is 0 Å². The van der Waals surface area contributed by atoms with Crippen molar-refractivity contribution in [1.82, 2.24) is 5.32 Å². The number of benzene rings is 1. The predicted octanol–water partition coefficient (Wildman–Crippen LogP) is 2.29. The second kappa shape index (κ2) is 9.12. The monoisotopic (exact) mass is 302 g/mol. The number of aryl methyl sites for hydroxylation is 1. The lowest BCUT2D eigenvalue weighted by Gasteiger charge is -2.13. The van der Waals surface area contributed by atoms with Gasteiger partial charge < -0.3 is 20.5 Å². The fourth-order valence-electron chi connectivity index (χ4n) is 1.78. The van der Waals surface area contributed by atoms with Crippen molar-refractivity contribution < 1.29 is 23.0 Å². The quantitative estimate of drug-likeness (QED) is 0.686. The zero-order chi connectivity index (χ0) is 15.7. The molecule has 3 N–H and O–H groups in total. The summed E-state index contributed by atoms with van der Waals surface area (Å²) in [6.07, 6.45) is 0.890. The van der Waals surface area contributed by atoms with Gasteiger partial charge in [-0.1, -0.05) is 12.1 Å². The first-order valence-corrected chi connectivity index (χ1v) is 6.66. The van der Waals surface area contributed by atoms with Gasteiger partial charge in [0.15, 0.2) is 0 Å². The van der Waals surface area contributed by atoms with Crippen LogP contribution >= 0.6 is 0 Å². The molecule has 1 rings (SSSR count). The molecule has 0 fully saturated rings. The van der Waals surface area contributed by atoms with Crippen LogP contribution in [0, 0.1) is 0 Å². The number of nitrogens with one attached hydrogen (secondary N) is 1. The maximum atomic E-state index is 12.0. The molecule has 0 aliphatic heterocycles. The topological polar surface area (TPSA) is 73.6 Å². The highest BCUT2D eigenvalue weighted by atomic mass is 19.3. The standard InChI is InChI=1S/C14H20F2N2O3/c1-10(18-8-9-20-14(17)19)2-3-11-4-6-12(7-5-11)21-13(15)16/h4-7,10,13,18H,2-3,8-9H2,1H3,(H2,17,19). The van der Waals surface area contributed by atoms with E-state index in [-0.39, 0.29) is 18.4 Å². The molecular formula is C14H20F2N2O3. The van der Waals surface area contributed by atoms with Crippen molar-refractivity contribution in [3.8, 4) is 5.75 Å². The van der Waals surface area contributed by atoms with Gasteiger partial charge >= 0.3 is 12.7 Å².